The van der Waals surface area contributed by atoms with Gasteiger partial charge < -0.3 is 0 Å². The van der Waals surface area contributed by atoms with E-state index in [1.165, 1.54) is 18.7 Å². The summed E-state index contributed by atoms with van der Waals surface area (Å²) in [5, 5.41) is 3.20. The molecule has 0 aliphatic carbocycles. The summed E-state index contributed by atoms with van der Waals surface area (Å²) in [6, 6.07) is 22.4. The summed E-state index contributed by atoms with van der Waals surface area (Å²) >= 11 is 0. The van der Waals surface area contributed by atoms with Gasteiger partial charge in [0, 0.05) is 0 Å². The maximum absolute atomic E-state index is 2.41. The van der Waals surface area contributed by atoms with Crippen LogP contribution < -0.4 is 10.6 Å². The molecule has 2 aromatic carbocycles. The van der Waals surface area contributed by atoms with Crippen molar-refractivity contribution in [2.45, 2.75) is 13.3 Å². The van der Waals surface area contributed by atoms with Crippen LogP contribution in [0.25, 0.3) is 0 Å². The number of rotatable bonds is 2. The van der Waals surface area contributed by atoms with E-state index in [0.29, 0.717) is 0 Å². The maximum atomic E-state index is 2.41. The standard InChI is InChI=1S/C17H20P/c1-15-12-13-18(14-15,16-8-4-2-5-9-16)17-10-6-3-7-11-17/h2-11,15H,12-14H2,1H3/q+1. The van der Waals surface area contributed by atoms with Gasteiger partial charge in [-0.25, -0.2) is 0 Å². The Labute approximate surface area is 110 Å². The second-order valence-electron chi connectivity index (χ2n) is 5.44. The van der Waals surface area contributed by atoms with E-state index in [-0.39, 0.29) is 0 Å². The second kappa shape index (κ2) is 4.86. The van der Waals surface area contributed by atoms with Crippen LogP contribution in [-0.2, 0) is 0 Å². The summed E-state index contributed by atoms with van der Waals surface area (Å²) in [5.74, 6) is 0.874. The van der Waals surface area contributed by atoms with Crippen molar-refractivity contribution in [2.24, 2.45) is 5.92 Å². The molecule has 0 aromatic heterocycles. The van der Waals surface area contributed by atoms with E-state index >= 15 is 0 Å². The molecule has 0 bridgehead atoms. The maximum Gasteiger partial charge on any atom is 0.0991 e. The Kier molecular flexibility index (Phi) is 3.22. The van der Waals surface area contributed by atoms with Crippen molar-refractivity contribution in [2.75, 3.05) is 12.3 Å². The molecule has 3 rings (SSSR count). The minimum absolute atomic E-state index is 0.874. The summed E-state index contributed by atoms with van der Waals surface area (Å²) < 4.78 is 0. The molecule has 92 valence electrons. The van der Waals surface area contributed by atoms with Crippen LogP contribution in [0.5, 0.6) is 0 Å². The van der Waals surface area contributed by atoms with E-state index in [2.05, 4.69) is 67.6 Å². The van der Waals surface area contributed by atoms with Gasteiger partial charge in [-0.15, -0.1) is 0 Å². The van der Waals surface area contributed by atoms with Crippen LogP contribution in [0.15, 0.2) is 60.7 Å². The highest BCUT2D eigenvalue weighted by molar-refractivity contribution is 7.89. The lowest BCUT2D eigenvalue weighted by Gasteiger charge is -2.22. The van der Waals surface area contributed by atoms with Crippen LogP contribution in [0.4, 0.5) is 0 Å². The predicted octanol–water partition coefficient (Wildman–Crippen LogP) is 3.69. The van der Waals surface area contributed by atoms with Crippen molar-refractivity contribution in [3.8, 4) is 0 Å². The van der Waals surface area contributed by atoms with Gasteiger partial charge >= 0.3 is 0 Å². The van der Waals surface area contributed by atoms with E-state index in [1.807, 2.05) is 0 Å². The van der Waals surface area contributed by atoms with Crippen molar-refractivity contribution in [3.63, 3.8) is 0 Å². The molecule has 1 fully saturated rings. The van der Waals surface area contributed by atoms with E-state index in [9.17, 15) is 0 Å². The van der Waals surface area contributed by atoms with E-state index in [4.69, 9.17) is 0 Å². The Morgan fingerprint density at radius 2 is 1.33 bits per heavy atom. The predicted molar refractivity (Wildman–Crippen MR) is 82.6 cm³/mol. The van der Waals surface area contributed by atoms with Gasteiger partial charge in [0.25, 0.3) is 0 Å². The average Bonchev–Trinajstić information content (AvgIpc) is 2.84. The monoisotopic (exact) mass is 255 g/mol. The molecule has 0 N–H and O–H groups in total. The number of hydrogen-bond donors (Lipinski definition) is 0. The van der Waals surface area contributed by atoms with Crippen LogP contribution in [0.3, 0.4) is 0 Å². The fraction of sp³-hybridized carbons (Fsp3) is 0.294. The average molecular weight is 255 g/mol. The zero-order valence-electron chi connectivity index (χ0n) is 10.9. The van der Waals surface area contributed by atoms with Gasteiger partial charge in [-0.3, -0.25) is 0 Å². The fourth-order valence-corrected chi connectivity index (χ4v) is 8.23. The molecule has 0 spiro atoms. The summed E-state index contributed by atoms with van der Waals surface area (Å²) in [7, 11) is -1.11. The van der Waals surface area contributed by atoms with E-state index in [1.54, 1.807) is 10.6 Å². The smallest absolute Gasteiger partial charge is 0.0620 e. The topological polar surface area (TPSA) is 0 Å². The van der Waals surface area contributed by atoms with Crippen LogP contribution >= 0.6 is 7.26 Å². The fourth-order valence-electron chi connectivity index (χ4n) is 3.20. The van der Waals surface area contributed by atoms with Crippen molar-refractivity contribution < 1.29 is 0 Å². The van der Waals surface area contributed by atoms with Crippen molar-refractivity contribution in [3.05, 3.63) is 60.7 Å². The first-order chi connectivity index (χ1) is 8.81. The first-order valence-corrected chi connectivity index (χ1v) is 8.95. The Balaban J connectivity index is 2.11. The first-order valence-electron chi connectivity index (χ1n) is 6.79. The largest absolute Gasteiger partial charge is 0.0991 e. The van der Waals surface area contributed by atoms with Crippen LogP contribution in [-0.4, -0.2) is 12.3 Å². The molecular formula is C17H20P+. The van der Waals surface area contributed by atoms with Gasteiger partial charge in [0.05, 0.1) is 30.2 Å². The molecule has 1 heterocycles. The molecule has 1 aliphatic rings. The summed E-state index contributed by atoms with van der Waals surface area (Å²) in [6.45, 7) is 2.41. The molecule has 2 aromatic rings. The third-order valence-corrected chi connectivity index (χ3v) is 8.97. The molecule has 1 heteroatoms. The lowest BCUT2D eigenvalue weighted by Crippen LogP contribution is -2.24. The number of hydrogen-bond acceptors (Lipinski definition) is 0. The normalized spacial score (nSPS) is 21.9. The molecule has 1 saturated heterocycles. The number of benzene rings is 2. The Morgan fingerprint density at radius 3 is 1.72 bits per heavy atom. The minimum Gasteiger partial charge on any atom is -0.0620 e. The quantitative estimate of drug-likeness (QED) is 0.718. The molecule has 0 amide bonds. The highest BCUT2D eigenvalue weighted by atomic mass is 31.2. The van der Waals surface area contributed by atoms with Crippen LogP contribution in [0.2, 0.25) is 0 Å². The molecule has 1 aliphatic heterocycles. The molecule has 0 saturated carbocycles. The molecule has 0 radical (unpaired) electrons. The molecule has 1 unspecified atom stereocenters. The Bertz CT molecular complexity index is 464. The van der Waals surface area contributed by atoms with Crippen molar-refractivity contribution in [1.29, 1.82) is 0 Å². The highest BCUT2D eigenvalue weighted by Crippen LogP contribution is 2.62. The summed E-state index contributed by atoms with van der Waals surface area (Å²) in [5.41, 5.74) is 0. The molecular weight excluding hydrogens is 235 g/mol. The third-order valence-electron chi connectivity index (χ3n) is 4.13. The van der Waals surface area contributed by atoms with Gasteiger partial charge in [-0.05, 0) is 36.6 Å². The summed E-state index contributed by atoms with van der Waals surface area (Å²) in [4.78, 5) is 0. The van der Waals surface area contributed by atoms with Crippen molar-refractivity contribution in [1.82, 2.24) is 0 Å². The minimum atomic E-state index is -1.11. The van der Waals surface area contributed by atoms with Gasteiger partial charge in [-0.1, -0.05) is 43.3 Å². The molecule has 1 atom stereocenters. The zero-order chi connectivity index (χ0) is 12.4. The van der Waals surface area contributed by atoms with E-state index < -0.39 is 7.26 Å². The van der Waals surface area contributed by atoms with E-state index in [0.717, 1.165) is 5.92 Å². The Hall–Kier alpha value is -1.13. The highest BCUT2D eigenvalue weighted by Gasteiger charge is 2.48. The van der Waals surface area contributed by atoms with Crippen molar-refractivity contribution >= 4 is 17.9 Å². The van der Waals surface area contributed by atoms with Crippen LogP contribution in [0, 0.1) is 5.92 Å². The van der Waals surface area contributed by atoms with Gasteiger partial charge in [0.2, 0.25) is 0 Å². The molecule has 0 nitrogen and oxygen atoms in total. The van der Waals surface area contributed by atoms with Gasteiger partial charge in [-0.2, -0.15) is 0 Å². The lowest BCUT2D eigenvalue weighted by atomic mass is 10.2. The third kappa shape index (κ3) is 1.99. The molecule has 18 heavy (non-hydrogen) atoms. The summed E-state index contributed by atoms with van der Waals surface area (Å²) in [6.07, 6.45) is 4.17. The van der Waals surface area contributed by atoms with Gasteiger partial charge in [0.15, 0.2) is 0 Å². The first kappa shape index (κ1) is 11.9. The Morgan fingerprint density at radius 1 is 0.833 bits per heavy atom. The zero-order valence-corrected chi connectivity index (χ0v) is 11.8. The van der Waals surface area contributed by atoms with Crippen LogP contribution in [0.1, 0.15) is 13.3 Å². The SMILES string of the molecule is CC1CC[P+](c2ccccc2)(c2ccccc2)C1. The second-order valence-corrected chi connectivity index (χ2v) is 9.22. The van der Waals surface area contributed by atoms with Gasteiger partial charge in [0.1, 0.15) is 0 Å². The lowest BCUT2D eigenvalue weighted by molar-refractivity contribution is 0.668.